The molecular formula is C21H18Cl2N2OS. The van der Waals surface area contributed by atoms with Crippen molar-refractivity contribution in [3.8, 4) is 0 Å². The first-order valence-corrected chi connectivity index (χ1v) is 10.2. The van der Waals surface area contributed by atoms with Gasteiger partial charge in [-0.2, -0.15) is 0 Å². The summed E-state index contributed by atoms with van der Waals surface area (Å²) in [5.74, 6) is 0. The Morgan fingerprint density at radius 1 is 1.19 bits per heavy atom. The number of fused-ring (bicyclic) bond motifs is 1. The molecule has 0 saturated carbocycles. The molecule has 138 valence electrons. The van der Waals surface area contributed by atoms with Gasteiger partial charge in [-0.3, -0.25) is 0 Å². The molecule has 27 heavy (non-hydrogen) atoms. The number of hydrogen-bond acceptors (Lipinski definition) is 3. The summed E-state index contributed by atoms with van der Waals surface area (Å²) >= 11 is 14.5. The lowest BCUT2D eigenvalue weighted by molar-refractivity contribution is 0.0288. The van der Waals surface area contributed by atoms with Gasteiger partial charge in [-0.1, -0.05) is 47.5 Å². The molecule has 0 aliphatic heterocycles. The predicted octanol–water partition coefficient (Wildman–Crippen LogP) is 6.67. The van der Waals surface area contributed by atoms with E-state index in [0.29, 0.717) is 13.2 Å². The highest BCUT2D eigenvalue weighted by Gasteiger charge is 2.18. The molecule has 0 aliphatic carbocycles. The Kier molecular flexibility index (Phi) is 5.50. The summed E-state index contributed by atoms with van der Waals surface area (Å²) in [6.07, 6.45) is 5.31. The third-order valence-corrected chi connectivity index (χ3v) is 6.34. The summed E-state index contributed by atoms with van der Waals surface area (Å²) in [5, 5.41) is 4.75. The first kappa shape index (κ1) is 18.5. The Morgan fingerprint density at radius 2 is 2.07 bits per heavy atom. The van der Waals surface area contributed by atoms with Crippen molar-refractivity contribution in [3.05, 3.63) is 87.2 Å². The van der Waals surface area contributed by atoms with E-state index in [1.54, 1.807) is 23.9 Å². The molecule has 2 aromatic heterocycles. The van der Waals surface area contributed by atoms with Gasteiger partial charge >= 0.3 is 0 Å². The molecule has 0 aliphatic rings. The van der Waals surface area contributed by atoms with Gasteiger partial charge in [0.2, 0.25) is 0 Å². The van der Waals surface area contributed by atoms with Crippen LogP contribution < -0.4 is 0 Å². The number of aryl methyl sites for hydroxylation is 1. The van der Waals surface area contributed by atoms with Gasteiger partial charge < -0.3 is 9.30 Å². The van der Waals surface area contributed by atoms with Gasteiger partial charge in [0.25, 0.3) is 0 Å². The van der Waals surface area contributed by atoms with E-state index in [1.165, 1.54) is 0 Å². The fourth-order valence-electron chi connectivity index (χ4n) is 3.10. The molecule has 4 aromatic rings. The quantitative estimate of drug-likeness (QED) is 0.350. The summed E-state index contributed by atoms with van der Waals surface area (Å²) < 4.78 is 9.44. The van der Waals surface area contributed by atoms with Gasteiger partial charge in [0, 0.05) is 23.0 Å². The zero-order valence-corrected chi connectivity index (χ0v) is 17.1. The second kappa shape index (κ2) is 8.03. The zero-order valence-electron chi connectivity index (χ0n) is 14.7. The second-order valence-electron chi connectivity index (χ2n) is 6.46. The lowest BCUT2D eigenvalue weighted by Crippen LogP contribution is -2.12. The maximum Gasteiger partial charge on any atom is 0.102 e. The number of benzene rings is 2. The van der Waals surface area contributed by atoms with Gasteiger partial charge in [-0.25, -0.2) is 4.98 Å². The Morgan fingerprint density at radius 3 is 2.85 bits per heavy atom. The monoisotopic (exact) mass is 416 g/mol. The van der Waals surface area contributed by atoms with Crippen molar-refractivity contribution in [2.45, 2.75) is 26.2 Å². The number of nitrogens with zero attached hydrogens (tertiary/aromatic N) is 2. The van der Waals surface area contributed by atoms with E-state index in [0.717, 1.165) is 36.8 Å². The summed E-state index contributed by atoms with van der Waals surface area (Å²) in [7, 11) is 0. The predicted molar refractivity (Wildman–Crippen MR) is 113 cm³/mol. The van der Waals surface area contributed by atoms with E-state index in [1.807, 2.05) is 42.0 Å². The van der Waals surface area contributed by atoms with Crippen molar-refractivity contribution in [3.63, 3.8) is 0 Å². The number of aromatic nitrogens is 2. The minimum absolute atomic E-state index is 0.179. The molecule has 1 unspecified atom stereocenters. The van der Waals surface area contributed by atoms with Crippen LogP contribution in [0.15, 0.2) is 60.5 Å². The van der Waals surface area contributed by atoms with Crippen LogP contribution in [-0.4, -0.2) is 9.55 Å². The van der Waals surface area contributed by atoms with Crippen molar-refractivity contribution >= 4 is 44.6 Å². The SMILES string of the molecule is Cc1ccc(C(Cn2ccnc2)OCc2csc3c(Cl)cccc23)c(Cl)c1. The molecule has 1 atom stereocenters. The molecule has 0 N–H and O–H groups in total. The molecule has 2 aromatic carbocycles. The first-order valence-electron chi connectivity index (χ1n) is 8.60. The molecule has 2 heterocycles. The van der Waals surface area contributed by atoms with Crippen LogP contribution in [0.25, 0.3) is 10.1 Å². The molecule has 0 fully saturated rings. The van der Waals surface area contributed by atoms with Crippen LogP contribution in [0.5, 0.6) is 0 Å². The Bertz CT molecular complexity index is 1060. The van der Waals surface area contributed by atoms with Gasteiger partial charge in [0.05, 0.1) is 29.2 Å². The maximum atomic E-state index is 6.52. The van der Waals surface area contributed by atoms with Gasteiger partial charge in [0.1, 0.15) is 6.10 Å². The zero-order chi connectivity index (χ0) is 18.8. The fraction of sp³-hybridized carbons (Fsp3) is 0.190. The second-order valence-corrected chi connectivity index (χ2v) is 8.16. The fourth-order valence-corrected chi connectivity index (χ4v) is 4.72. The van der Waals surface area contributed by atoms with E-state index in [2.05, 4.69) is 22.5 Å². The van der Waals surface area contributed by atoms with Crippen molar-refractivity contribution in [1.82, 2.24) is 9.55 Å². The van der Waals surface area contributed by atoms with Crippen LogP contribution in [0.4, 0.5) is 0 Å². The van der Waals surface area contributed by atoms with Crippen molar-refractivity contribution in [1.29, 1.82) is 0 Å². The van der Waals surface area contributed by atoms with Crippen LogP contribution in [0.3, 0.4) is 0 Å². The molecule has 0 radical (unpaired) electrons. The van der Waals surface area contributed by atoms with Crippen LogP contribution in [0.2, 0.25) is 10.0 Å². The van der Waals surface area contributed by atoms with E-state index >= 15 is 0 Å². The van der Waals surface area contributed by atoms with E-state index < -0.39 is 0 Å². The highest BCUT2D eigenvalue weighted by Crippen LogP contribution is 2.34. The smallest absolute Gasteiger partial charge is 0.102 e. The standard InChI is InChI=1S/C21H18Cl2N2OS/c1-14-5-6-17(19(23)9-14)20(10-25-8-7-24-13-25)26-11-15-12-27-21-16(15)3-2-4-18(21)22/h2-9,12-13,20H,10-11H2,1H3. The van der Waals surface area contributed by atoms with Crippen LogP contribution >= 0.6 is 34.5 Å². The molecule has 3 nitrogen and oxygen atoms in total. The third kappa shape index (κ3) is 4.04. The number of halogens is 2. The summed E-state index contributed by atoms with van der Waals surface area (Å²) in [4.78, 5) is 4.13. The highest BCUT2D eigenvalue weighted by molar-refractivity contribution is 7.18. The lowest BCUT2D eigenvalue weighted by Gasteiger charge is -2.20. The van der Waals surface area contributed by atoms with Crippen molar-refractivity contribution in [2.75, 3.05) is 0 Å². The van der Waals surface area contributed by atoms with Crippen LogP contribution in [0.1, 0.15) is 22.8 Å². The van der Waals surface area contributed by atoms with Gasteiger partial charge in [0.15, 0.2) is 0 Å². The Labute approximate surface area is 172 Å². The average molecular weight is 417 g/mol. The number of imidazole rings is 1. The molecule has 0 amide bonds. The van der Waals surface area contributed by atoms with E-state index in [9.17, 15) is 0 Å². The van der Waals surface area contributed by atoms with Crippen molar-refractivity contribution < 1.29 is 4.74 Å². The van der Waals surface area contributed by atoms with Gasteiger partial charge in [-0.05, 0) is 40.9 Å². The Hall–Kier alpha value is -1.85. The number of rotatable bonds is 6. The van der Waals surface area contributed by atoms with Crippen LogP contribution in [0, 0.1) is 6.92 Å². The molecule has 0 bridgehead atoms. The van der Waals surface area contributed by atoms with E-state index in [-0.39, 0.29) is 6.10 Å². The maximum absolute atomic E-state index is 6.52. The molecule has 0 spiro atoms. The molecule has 0 saturated heterocycles. The average Bonchev–Trinajstić information content (AvgIpc) is 3.29. The first-order chi connectivity index (χ1) is 13.1. The minimum atomic E-state index is -0.179. The summed E-state index contributed by atoms with van der Waals surface area (Å²) in [6.45, 7) is 3.16. The van der Waals surface area contributed by atoms with Crippen LogP contribution in [-0.2, 0) is 17.9 Å². The highest BCUT2D eigenvalue weighted by atomic mass is 35.5. The van der Waals surface area contributed by atoms with E-state index in [4.69, 9.17) is 27.9 Å². The largest absolute Gasteiger partial charge is 0.367 e. The number of thiophene rings is 1. The van der Waals surface area contributed by atoms with Crippen molar-refractivity contribution in [2.24, 2.45) is 0 Å². The molecular weight excluding hydrogens is 399 g/mol. The lowest BCUT2D eigenvalue weighted by atomic mass is 10.1. The third-order valence-electron chi connectivity index (χ3n) is 4.51. The normalized spacial score (nSPS) is 12.6. The molecule has 4 rings (SSSR count). The summed E-state index contributed by atoms with van der Waals surface area (Å²) in [6, 6.07) is 12.0. The molecule has 6 heteroatoms. The number of hydrogen-bond donors (Lipinski definition) is 0. The van der Waals surface area contributed by atoms with Gasteiger partial charge in [-0.15, -0.1) is 11.3 Å². The topological polar surface area (TPSA) is 27.1 Å². The Balaban J connectivity index is 1.61. The minimum Gasteiger partial charge on any atom is -0.367 e. The summed E-state index contributed by atoms with van der Waals surface area (Å²) in [5.41, 5.74) is 3.24. The number of ether oxygens (including phenoxy) is 1.